The monoisotopic (exact) mass is 893 g/mol. The predicted octanol–water partition coefficient (Wildman–Crippen LogP) is 6.44. The molecule has 7 rings (SSSR count). The lowest BCUT2D eigenvalue weighted by Crippen LogP contribution is -2.58. The van der Waals surface area contributed by atoms with Crippen molar-refractivity contribution in [1.82, 2.24) is 20.1 Å². The molecule has 3 aliphatic heterocycles. The molecule has 0 bridgehead atoms. The van der Waals surface area contributed by atoms with Crippen molar-refractivity contribution in [2.24, 2.45) is 0 Å². The number of piperidine rings is 1. The number of rotatable bonds is 12. The molecule has 0 radical (unpaired) electrons. The summed E-state index contributed by atoms with van der Waals surface area (Å²) < 4.78 is 48.0. The van der Waals surface area contributed by atoms with Crippen LogP contribution in [0.25, 0.3) is 0 Å². The van der Waals surface area contributed by atoms with Gasteiger partial charge in [0.2, 0.25) is 17.7 Å². The summed E-state index contributed by atoms with van der Waals surface area (Å²) in [6, 6.07) is 12.3. The van der Waals surface area contributed by atoms with Gasteiger partial charge in [0.15, 0.2) is 10.8 Å². The molecule has 4 amide bonds. The number of carbonyl (C=O) groups is 4. The van der Waals surface area contributed by atoms with Crippen LogP contribution < -0.4 is 30.5 Å². The maximum atomic E-state index is 14.0. The van der Waals surface area contributed by atoms with Crippen molar-refractivity contribution in [2.45, 2.75) is 95.6 Å². The molecule has 19 heteroatoms. The van der Waals surface area contributed by atoms with E-state index in [2.05, 4.69) is 44.6 Å². The van der Waals surface area contributed by atoms with E-state index in [9.17, 15) is 37.6 Å². The molecule has 2 aromatic carbocycles. The number of halogens is 4. The van der Waals surface area contributed by atoms with Crippen LogP contribution in [0.2, 0.25) is 5.02 Å². The molecule has 1 aromatic heterocycles. The van der Waals surface area contributed by atoms with Crippen LogP contribution in [-0.4, -0.2) is 100.0 Å². The van der Waals surface area contributed by atoms with Crippen LogP contribution in [0.1, 0.15) is 82.5 Å². The van der Waals surface area contributed by atoms with Crippen LogP contribution in [0.3, 0.4) is 0 Å². The number of imide groups is 1. The van der Waals surface area contributed by atoms with Crippen LogP contribution >= 0.6 is 23.8 Å². The highest BCUT2D eigenvalue weighted by molar-refractivity contribution is 7.81. The molecule has 3 N–H and O–H groups in total. The Morgan fingerprint density at radius 1 is 1.08 bits per heavy atom. The number of pyridine rings is 1. The number of carbonyl (C=O) groups excluding carboxylic acids is 4. The van der Waals surface area contributed by atoms with Crippen LogP contribution in [0.4, 0.5) is 35.9 Å². The van der Waals surface area contributed by atoms with Gasteiger partial charge in [0.25, 0.3) is 5.91 Å². The Balaban J connectivity index is 0.963. The summed E-state index contributed by atoms with van der Waals surface area (Å²) in [6.07, 6.45) is -1.52. The van der Waals surface area contributed by atoms with E-state index in [-0.39, 0.29) is 53.6 Å². The highest BCUT2D eigenvalue weighted by atomic mass is 35.5. The van der Waals surface area contributed by atoms with Gasteiger partial charge in [0.1, 0.15) is 30.0 Å². The number of hydrogen-bond acceptors (Lipinski definition) is 11. The molecule has 3 aromatic rings. The normalized spacial score (nSPS) is 21.8. The number of nitrogens with one attached hydrogen (secondary N) is 3. The minimum absolute atomic E-state index is 0.0113. The first-order valence-electron chi connectivity index (χ1n) is 20.5. The van der Waals surface area contributed by atoms with Crippen molar-refractivity contribution >= 4 is 75.3 Å². The Labute approximate surface area is 367 Å². The van der Waals surface area contributed by atoms with Crippen LogP contribution in [0.15, 0.2) is 48.7 Å². The molecule has 14 nitrogen and oxygen atoms in total. The molecule has 1 unspecified atom stereocenters. The van der Waals surface area contributed by atoms with Gasteiger partial charge in [-0.2, -0.15) is 18.4 Å². The first kappa shape index (κ1) is 44.7. The molecule has 62 heavy (non-hydrogen) atoms. The minimum Gasteiger partial charge on any atom is -0.492 e. The number of nitrogens with zero attached hydrogens (tertiary/aromatic N) is 6. The van der Waals surface area contributed by atoms with Gasteiger partial charge in [0.05, 0.1) is 24.0 Å². The summed E-state index contributed by atoms with van der Waals surface area (Å²) in [5.41, 5.74) is -0.690. The largest absolute Gasteiger partial charge is 0.492 e. The fourth-order valence-corrected chi connectivity index (χ4v) is 9.44. The van der Waals surface area contributed by atoms with Gasteiger partial charge in [-0.05, 0) is 106 Å². The van der Waals surface area contributed by atoms with Crippen molar-refractivity contribution in [1.29, 1.82) is 5.26 Å². The molecule has 1 aliphatic carbocycles. The fourth-order valence-electron chi connectivity index (χ4n) is 8.74. The lowest BCUT2D eigenvalue weighted by molar-refractivity contribution is -0.138. The Bertz CT molecular complexity index is 2330. The maximum Gasteiger partial charge on any atom is 0.419 e. The summed E-state index contributed by atoms with van der Waals surface area (Å²) in [5.74, 6) is -0.685. The molecule has 3 saturated heterocycles. The fraction of sp³-hybridized carbons (Fsp3) is 0.465. The predicted molar refractivity (Wildman–Crippen MR) is 231 cm³/mol. The third-order valence-corrected chi connectivity index (χ3v) is 12.5. The zero-order valence-electron chi connectivity index (χ0n) is 34.6. The zero-order valence-corrected chi connectivity index (χ0v) is 36.2. The number of nitriles is 1. The van der Waals surface area contributed by atoms with E-state index >= 15 is 0 Å². The molecule has 4 fully saturated rings. The van der Waals surface area contributed by atoms with Gasteiger partial charge in [-0.25, -0.2) is 4.98 Å². The van der Waals surface area contributed by atoms with Crippen molar-refractivity contribution in [3.8, 4) is 11.8 Å². The van der Waals surface area contributed by atoms with Crippen LogP contribution in [0.5, 0.6) is 5.75 Å². The van der Waals surface area contributed by atoms with E-state index in [0.29, 0.717) is 73.3 Å². The molecule has 328 valence electrons. The topological polar surface area (TPSA) is 163 Å². The first-order chi connectivity index (χ1) is 29.4. The van der Waals surface area contributed by atoms with Crippen LogP contribution in [-0.2, 0) is 25.4 Å². The second-order valence-corrected chi connectivity index (χ2v) is 17.4. The second-order valence-electron chi connectivity index (χ2n) is 16.6. The highest BCUT2D eigenvalue weighted by Crippen LogP contribution is 2.49. The standard InChI is InChI=1S/C43H47ClF3N9O5S/c1-24(2)32-17-30(56-41(62)55(40(60)42(56)10-5-11-42)31-18-33(43(45,46)47)35(19-48)49-20-31)6-8-36(32)61-13-12-53-21-25(3)54(26(4)22-53)23-38(58)51-29-15-27(44)14-28(16-29)50-34-7-9-37(57)52-39(34)59/h6,8,14-18,20,24-26,34,50H,5,7,9-13,21-23H2,1-4H3,(H,51,58)(H,52,57,59)/t25-,26+,34?. The van der Waals surface area contributed by atoms with Crippen LogP contribution in [0, 0.1) is 11.3 Å². The van der Waals surface area contributed by atoms with E-state index < -0.39 is 40.8 Å². The zero-order chi connectivity index (χ0) is 44.7. The highest BCUT2D eigenvalue weighted by Gasteiger charge is 2.60. The first-order valence-corrected chi connectivity index (χ1v) is 21.3. The molecule has 1 spiro atoms. The Hall–Kier alpha value is -5.35. The molecular weight excluding hydrogens is 847 g/mol. The van der Waals surface area contributed by atoms with E-state index in [1.54, 1.807) is 23.1 Å². The molecule has 3 atom stereocenters. The smallest absolute Gasteiger partial charge is 0.419 e. The van der Waals surface area contributed by atoms with E-state index in [0.717, 1.165) is 29.1 Å². The number of anilines is 4. The lowest BCUT2D eigenvalue weighted by Gasteiger charge is -2.44. The summed E-state index contributed by atoms with van der Waals surface area (Å²) in [6.45, 7) is 10.8. The van der Waals surface area contributed by atoms with Crippen molar-refractivity contribution in [3.63, 3.8) is 0 Å². The number of thiocarbonyl (C=S) groups is 1. The maximum absolute atomic E-state index is 14.0. The Kier molecular flexibility index (Phi) is 12.8. The average Bonchev–Trinajstić information content (AvgIpc) is 3.42. The van der Waals surface area contributed by atoms with E-state index in [4.69, 9.17) is 28.6 Å². The molecular formula is C43H47ClF3N9O5S. The second kappa shape index (κ2) is 17.8. The number of benzene rings is 2. The number of ether oxygens (including phenoxy) is 1. The number of amides is 4. The Morgan fingerprint density at radius 3 is 2.42 bits per heavy atom. The minimum atomic E-state index is -4.86. The average molecular weight is 894 g/mol. The van der Waals surface area contributed by atoms with Gasteiger partial charge in [0, 0.05) is 60.2 Å². The third kappa shape index (κ3) is 9.08. The summed E-state index contributed by atoms with van der Waals surface area (Å²) in [5, 5.41) is 18.0. The number of aromatic nitrogens is 1. The quantitative estimate of drug-likeness (QED) is 0.135. The summed E-state index contributed by atoms with van der Waals surface area (Å²) in [4.78, 5) is 62.1. The van der Waals surface area contributed by atoms with E-state index in [1.807, 2.05) is 32.0 Å². The molecule has 1 saturated carbocycles. The molecule has 4 heterocycles. The number of piperazine rings is 1. The van der Waals surface area contributed by atoms with Crippen molar-refractivity contribution < 1.29 is 37.1 Å². The number of hydrogen-bond donors (Lipinski definition) is 3. The van der Waals surface area contributed by atoms with Gasteiger partial charge in [-0.1, -0.05) is 25.4 Å². The van der Waals surface area contributed by atoms with Crippen molar-refractivity contribution in [2.75, 3.05) is 53.2 Å². The van der Waals surface area contributed by atoms with Gasteiger partial charge >= 0.3 is 6.18 Å². The lowest BCUT2D eigenvalue weighted by atomic mass is 9.75. The van der Waals surface area contributed by atoms with Gasteiger partial charge in [-0.15, -0.1) is 0 Å². The third-order valence-electron chi connectivity index (χ3n) is 11.9. The van der Waals surface area contributed by atoms with E-state index in [1.165, 1.54) is 6.07 Å². The summed E-state index contributed by atoms with van der Waals surface area (Å²) in [7, 11) is 0. The van der Waals surface area contributed by atoms with Crippen molar-refractivity contribution in [3.05, 3.63) is 70.5 Å². The Morgan fingerprint density at radius 2 is 1.79 bits per heavy atom. The molecule has 4 aliphatic rings. The number of alkyl halides is 3. The summed E-state index contributed by atoms with van der Waals surface area (Å²) >= 11 is 12.2. The van der Waals surface area contributed by atoms with Gasteiger partial charge in [-0.3, -0.25) is 39.2 Å². The van der Waals surface area contributed by atoms with Gasteiger partial charge < -0.3 is 20.3 Å². The SMILES string of the molecule is CC(C)c1cc(N2C(=S)N(c3cnc(C#N)c(C(F)(F)F)c3)C(=O)C23CCC3)ccc1OCCN1C[C@@H](C)N(CC(=O)Nc2cc(Cl)cc(NC3CCC(=O)NC3=O)c2)[C@@H](C)C1.